The Hall–Kier alpha value is -5.02. The highest BCUT2D eigenvalue weighted by Gasteiger charge is 2.16. The Labute approximate surface area is 270 Å². The second-order valence-corrected chi connectivity index (χ2v) is 11.3. The van der Waals surface area contributed by atoms with Crippen LogP contribution in [0.2, 0.25) is 0 Å². The highest BCUT2D eigenvalue weighted by molar-refractivity contribution is 5.94. The maximum absolute atomic E-state index is 10.6. The fourth-order valence-electron chi connectivity index (χ4n) is 4.93. The number of aryl methyl sites for hydroxylation is 1. The third kappa shape index (κ3) is 10.3. The molecule has 0 amide bonds. The number of allylic oxidation sites excluding steroid dienone is 10. The van der Waals surface area contributed by atoms with Gasteiger partial charge in [-0.15, -0.1) is 0 Å². The van der Waals surface area contributed by atoms with Gasteiger partial charge in [0, 0.05) is 22.6 Å². The van der Waals surface area contributed by atoms with Crippen molar-refractivity contribution in [1.82, 2.24) is 9.78 Å². The molecule has 1 unspecified atom stereocenters. The first kappa shape index (κ1) is 34.5. The molecular formula is C42H46N2O. The Morgan fingerprint density at radius 1 is 0.956 bits per heavy atom. The summed E-state index contributed by atoms with van der Waals surface area (Å²) in [7, 11) is 0. The maximum atomic E-state index is 10.6. The summed E-state index contributed by atoms with van der Waals surface area (Å²) in [6.45, 7) is 22.1. The molecule has 1 aromatic heterocycles. The third-order valence-electron chi connectivity index (χ3n) is 7.58. The van der Waals surface area contributed by atoms with Gasteiger partial charge in [-0.05, 0) is 69.4 Å². The van der Waals surface area contributed by atoms with Gasteiger partial charge >= 0.3 is 0 Å². The van der Waals surface area contributed by atoms with Crippen LogP contribution in [0.15, 0.2) is 152 Å². The monoisotopic (exact) mass is 594 g/mol. The van der Waals surface area contributed by atoms with Crippen molar-refractivity contribution in [3.63, 3.8) is 0 Å². The van der Waals surface area contributed by atoms with E-state index in [1.165, 1.54) is 35.1 Å². The van der Waals surface area contributed by atoms with Crippen molar-refractivity contribution in [2.75, 3.05) is 0 Å². The van der Waals surface area contributed by atoms with Crippen LogP contribution in [-0.2, 0) is 0 Å². The quantitative estimate of drug-likeness (QED) is 0.150. The first-order chi connectivity index (χ1) is 21.6. The highest BCUT2D eigenvalue weighted by Crippen LogP contribution is 2.31. The van der Waals surface area contributed by atoms with E-state index in [0.29, 0.717) is 0 Å². The largest absolute Gasteiger partial charge is 0.295 e. The van der Waals surface area contributed by atoms with E-state index < -0.39 is 0 Å². The number of nitrogens with zero attached hydrogens (tertiary/aromatic N) is 2. The van der Waals surface area contributed by atoms with E-state index >= 15 is 0 Å². The van der Waals surface area contributed by atoms with Gasteiger partial charge in [0.15, 0.2) is 5.78 Å². The van der Waals surface area contributed by atoms with Gasteiger partial charge < -0.3 is 0 Å². The van der Waals surface area contributed by atoms with Crippen molar-refractivity contribution >= 4 is 28.5 Å². The third-order valence-corrected chi connectivity index (χ3v) is 7.58. The SMILES string of the molecule is C=C/C=C(C=C)/C=C/c1nn(C(=C)C(C)c2ccccc2)c2cc(C)ccc12.CC(=O)c1ccccc1.CC1=CCCC(C)=C1. The van der Waals surface area contributed by atoms with E-state index in [0.717, 1.165) is 33.4 Å². The molecule has 1 aliphatic carbocycles. The summed E-state index contributed by atoms with van der Waals surface area (Å²) < 4.78 is 1.98. The zero-order valence-corrected chi connectivity index (χ0v) is 27.5. The number of carbonyl (C=O) groups excluding carboxylic acids is 1. The summed E-state index contributed by atoms with van der Waals surface area (Å²) in [5.41, 5.74) is 10.1. The molecule has 0 radical (unpaired) electrons. The molecule has 4 aromatic rings. The molecule has 1 heterocycles. The van der Waals surface area contributed by atoms with Crippen molar-refractivity contribution in [2.45, 2.75) is 53.4 Å². The van der Waals surface area contributed by atoms with Gasteiger partial charge in [0.1, 0.15) is 0 Å². The second kappa shape index (κ2) is 17.3. The minimum atomic E-state index is 0.121. The topological polar surface area (TPSA) is 34.9 Å². The average molecular weight is 595 g/mol. The lowest BCUT2D eigenvalue weighted by Gasteiger charge is -2.16. The summed E-state index contributed by atoms with van der Waals surface area (Å²) in [4.78, 5) is 10.6. The number of aromatic nitrogens is 2. The van der Waals surface area contributed by atoms with Crippen LogP contribution in [0.3, 0.4) is 0 Å². The van der Waals surface area contributed by atoms with Crippen molar-refractivity contribution in [3.8, 4) is 0 Å². The minimum Gasteiger partial charge on any atom is -0.295 e. The molecule has 3 aromatic carbocycles. The second-order valence-electron chi connectivity index (χ2n) is 11.3. The molecule has 230 valence electrons. The highest BCUT2D eigenvalue weighted by atomic mass is 16.1. The molecule has 5 rings (SSSR count). The zero-order valence-electron chi connectivity index (χ0n) is 27.5. The Morgan fingerprint density at radius 2 is 1.62 bits per heavy atom. The number of fused-ring (bicyclic) bond motifs is 1. The number of hydrogen-bond acceptors (Lipinski definition) is 2. The van der Waals surface area contributed by atoms with E-state index in [1.54, 1.807) is 19.1 Å². The lowest BCUT2D eigenvalue weighted by atomic mass is 9.98. The molecule has 1 atom stereocenters. The fourth-order valence-corrected chi connectivity index (χ4v) is 4.93. The van der Waals surface area contributed by atoms with Crippen LogP contribution < -0.4 is 0 Å². The predicted molar refractivity (Wildman–Crippen MR) is 195 cm³/mol. The van der Waals surface area contributed by atoms with Crippen LogP contribution >= 0.6 is 0 Å². The lowest BCUT2D eigenvalue weighted by Crippen LogP contribution is -2.06. The Kier molecular flexibility index (Phi) is 13.3. The summed E-state index contributed by atoms with van der Waals surface area (Å²) in [6.07, 6.45) is 16.5. The van der Waals surface area contributed by atoms with Gasteiger partial charge in [0.25, 0.3) is 0 Å². The van der Waals surface area contributed by atoms with Crippen molar-refractivity contribution in [2.24, 2.45) is 0 Å². The van der Waals surface area contributed by atoms with Crippen LogP contribution in [-0.4, -0.2) is 15.6 Å². The van der Waals surface area contributed by atoms with Gasteiger partial charge in [-0.2, -0.15) is 5.10 Å². The summed E-state index contributed by atoms with van der Waals surface area (Å²) in [5.74, 6) is 0.279. The lowest BCUT2D eigenvalue weighted by molar-refractivity contribution is 0.101. The number of benzene rings is 3. The molecule has 3 nitrogen and oxygen atoms in total. The Morgan fingerprint density at radius 3 is 2.16 bits per heavy atom. The standard InChI is InChI=1S/C26H26N2.C8H8O.C8H12/c1-6-11-22(7-2)15-17-25-24-16-14-19(3)18-26(24)28(27-25)21(5)20(4)23-12-9-8-10-13-23;1-7(9)8-5-3-2-4-6-8;1-7-4-3-5-8(2)6-7/h6-18,20H,1-2,5H2,3-4H3;2-6H,1H3;4,6H,3,5H2,1-2H3/b17-15+,22-11+;;. The van der Waals surface area contributed by atoms with Gasteiger partial charge in [-0.25, -0.2) is 4.68 Å². The van der Waals surface area contributed by atoms with Gasteiger partial charge in [-0.1, -0.05) is 147 Å². The fraction of sp³-hybridized carbons (Fsp3) is 0.190. The maximum Gasteiger partial charge on any atom is 0.159 e. The first-order valence-corrected chi connectivity index (χ1v) is 15.4. The van der Waals surface area contributed by atoms with Crippen LogP contribution in [0.5, 0.6) is 0 Å². The summed E-state index contributed by atoms with van der Waals surface area (Å²) in [6, 6.07) is 26.0. The molecule has 0 saturated heterocycles. The van der Waals surface area contributed by atoms with E-state index in [2.05, 4.69) is 102 Å². The van der Waals surface area contributed by atoms with Gasteiger partial charge in [-0.3, -0.25) is 4.79 Å². The van der Waals surface area contributed by atoms with E-state index in [-0.39, 0.29) is 11.7 Å². The first-order valence-electron chi connectivity index (χ1n) is 15.4. The molecule has 0 fully saturated rings. The molecule has 1 aliphatic rings. The Balaban J connectivity index is 0.000000262. The molecule has 0 aliphatic heterocycles. The molecule has 0 saturated carbocycles. The smallest absolute Gasteiger partial charge is 0.159 e. The van der Waals surface area contributed by atoms with Gasteiger partial charge in [0.05, 0.1) is 11.2 Å². The number of carbonyl (C=O) groups is 1. The van der Waals surface area contributed by atoms with E-state index in [4.69, 9.17) is 5.10 Å². The van der Waals surface area contributed by atoms with E-state index in [1.807, 2.05) is 59.3 Å². The predicted octanol–water partition coefficient (Wildman–Crippen LogP) is 11.5. The molecule has 0 spiro atoms. The van der Waals surface area contributed by atoms with E-state index in [9.17, 15) is 4.79 Å². The molecule has 45 heavy (non-hydrogen) atoms. The van der Waals surface area contributed by atoms with Crippen LogP contribution in [0.4, 0.5) is 0 Å². The van der Waals surface area contributed by atoms with Crippen molar-refractivity contribution < 1.29 is 4.79 Å². The van der Waals surface area contributed by atoms with Crippen molar-refractivity contribution in [1.29, 1.82) is 0 Å². The number of hydrogen-bond donors (Lipinski definition) is 0. The average Bonchev–Trinajstić information content (AvgIpc) is 3.41. The van der Waals surface area contributed by atoms with Gasteiger partial charge in [0.2, 0.25) is 0 Å². The molecular weight excluding hydrogens is 548 g/mol. The van der Waals surface area contributed by atoms with Crippen molar-refractivity contribution in [3.05, 3.63) is 174 Å². The normalized spacial score (nSPS) is 13.4. The summed E-state index contributed by atoms with van der Waals surface area (Å²) >= 11 is 0. The molecule has 0 N–H and O–H groups in total. The number of ketones is 1. The van der Waals surface area contributed by atoms with Crippen LogP contribution in [0.1, 0.15) is 73.6 Å². The Bertz CT molecular complexity index is 1740. The van der Waals surface area contributed by atoms with Crippen LogP contribution in [0.25, 0.3) is 22.7 Å². The number of rotatable bonds is 8. The van der Waals surface area contributed by atoms with Crippen LogP contribution in [0, 0.1) is 6.92 Å². The molecule has 3 heteroatoms. The number of Topliss-reactive ketones (excluding diaryl/α,β-unsaturated/α-hetero) is 1. The summed E-state index contributed by atoms with van der Waals surface area (Å²) in [5, 5.41) is 5.99. The minimum absolute atomic E-state index is 0.121. The molecule has 0 bridgehead atoms. The zero-order chi connectivity index (χ0) is 32.8.